The fourth-order valence-corrected chi connectivity index (χ4v) is 0.788. The monoisotopic (exact) mass is 203 g/mol. The first kappa shape index (κ1) is 13.2. The van der Waals surface area contributed by atoms with Crippen molar-refractivity contribution >= 4 is 41.8 Å². The quantitative estimate of drug-likeness (QED) is 0.574. The average Bonchev–Trinajstić information content (AvgIpc) is 2.15. The van der Waals surface area contributed by atoms with E-state index < -0.39 is 5.97 Å². The minimum absolute atomic E-state index is 0. The van der Waals surface area contributed by atoms with Crippen molar-refractivity contribution < 1.29 is 19.4 Å². The second kappa shape index (κ2) is 6.59. The number of carbonyl (C=O) groups is 2. The zero-order valence-corrected chi connectivity index (χ0v) is 9.77. The first-order chi connectivity index (χ1) is 6.22. The Labute approximate surface area is 103 Å². The van der Waals surface area contributed by atoms with Crippen molar-refractivity contribution in [3.63, 3.8) is 0 Å². The topological polar surface area (TPSA) is 63.6 Å². The Morgan fingerprint density at radius 3 is 2.36 bits per heavy atom. The molecule has 0 unspecified atom stereocenters. The Morgan fingerprint density at radius 1 is 1.36 bits per heavy atom. The van der Waals surface area contributed by atoms with Gasteiger partial charge in [0.15, 0.2) is 6.61 Å². The first-order valence-corrected chi connectivity index (χ1v) is 3.62. The summed E-state index contributed by atoms with van der Waals surface area (Å²) in [6, 6.07) is 6.22. The molecule has 0 saturated carbocycles. The van der Waals surface area contributed by atoms with Crippen LogP contribution in [0.15, 0.2) is 24.3 Å². The van der Waals surface area contributed by atoms with Gasteiger partial charge in [-0.25, -0.2) is 4.79 Å². The first-order valence-electron chi connectivity index (χ1n) is 3.62. The molecule has 14 heavy (non-hydrogen) atoms. The van der Waals surface area contributed by atoms with Crippen LogP contribution in [0.5, 0.6) is 5.75 Å². The second-order valence-electron chi connectivity index (χ2n) is 2.37. The molecule has 0 atom stereocenters. The van der Waals surface area contributed by atoms with Gasteiger partial charge in [-0.2, -0.15) is 0 Å². The molecule has 0 aliphatic heterocycles. The largest absolute Gasteiger partial charge is 0.482 e. The maximum atomic E-state index is 10.2. The molecular weight excluding hydrogens is 195 g/mol. The standard InChI is InChI=1S/C9H8O4.Na/c10-5-7-1-3-8(4-2-7)13-6-9(11)12;/h1-5H,6H2,(H,11,12);. The van der Waals surface area contributed by atoms with E-state index in [4.69, 9.17) is 9.84 Å². The molecule has 0 saturated heterocycles. The minimum atomic E-state index is -1.03. The van der Waals surface area contributed by atoms with Gasteiger partial charge < -0.3 is 9.84 Å². The second-order valence-corrected chi connectivity index (χ2v) is 2.37. The summed E-state index contributed by atoms with van der Waals surface area (Å²) in [5.41, 5.74) is 0.530. The van der Waals surface area contributed by atoms with E-state index in [1.807, 2.05) is 0 Å². The Balaban J connectivity index is 0.00000169. The number of benzene rings is 1. The third-order valence-corrected chi connectivity index (χ3v) is 1.38. The fourth-order valence-electron chi connectivity index (χ4n) is 0.788. The minimum Gasteiger partial charge on any atom is -0.482 e. The molecule has 0 aromatic heterocycles. The van der Waals surface area contributed by atoms with Gasteiger partial charge in [0, 0.05) is 35.1 Å². The fraction of sp³-hybridized carbons (Fsp3) is 0.111. The van der Waals surface area contributed by atoms with Crippen LogP contribution < -0.4 is 4.74 Å². The van der Waals surface area contributed by atoms with Crippen molar-refractivity contribution in [1.82, 2.24) is 0 Å². The molecule has 0 spiro atoms. The normalized spacial score (nSPS) is 8.57. The van der Waals surface area contributed by atoms with Gasteiger partial charge in [-0.15, -0.1) is 0 Å². The van der Waals surface area contributed by atoms with E-state index in [1.54, 1.807) is 24.3 Å². The molecule has 1 rings (SSSR count). The number of aliphatic carboxylic acids is 1. The van der Waals surface area contributed by atoms with E-state index >= 15 is 0 Å². The van der Waals surface area contributed by atoms with E-state index in [0.29, 0.717) is 17.6 Å². The zero-order valence-electron chi connectivity index (χ0n) is 7.77. The Morgan fingerprint density at radius 2 is 1.93 bits per heavy atom. The van der Waals surface area contributed by atoms with E-state index in [1.165, 1.54) is 0 Å². The van der Waals surface area contributed by atoms with Crippen molar-refractivity contribution in [2.75, 3.05) is 6.61 Å². The molecule has 1 N–H and O–H groups in total. The summed E-state index contributed by atoms with van der Waals surface area (Å²) in [5, 5.41) is 8.29. The van der Waals surface area contributed by atoms with Crippen molar-refractivity contribution in [1.29, 1.82) is 0 Å². The molecule has 0 amide bonds. The van der Waals surface area contributed by atoms with Gasteiger partial charge in [0.1, 0.15) is 12.0 Å². The summed E-state index contributed by atoms with van der Waals surface area (Å²) in [4.78, 5) is 20.4. The molecule has 1 aromatic carbocycles. The maximum absolute atomic E-state index is 10.2. The summed E-state index contributed by atoms with van der Waals surface area (Å²) in [7, 11) is 0. The van der Waals surface area contributed by atoms with Gasteiger partial charge >= 0.3 is 5.97 Å². The molecule has 0 heterocycles. The van der Waals surface area contributed by atoms with Gasteiger partial charge in [-0.1, -0.05) is 0 Å². The van der Waals surface area contributed by atoms with Crippen molar-refractivity contribution in [3.05, 3.63) is 29.8 Å². The molecule has 69 valence electrons. The van der Waals surface area contributed by atoms with Crippen molar-refractivity contribution in [2.45, 2.75) is 0 Å². The number of hydrogen-bond donors (Lipinski definition) is 1. The predicted molar refractivity (Wildman–Crippen MR) is 50.7 cm³/mol. The van der Waals surface area contributed by atoms with Crippen LogP contribution in [0, 0.1) is 0 Å². The average molecular weight is 203 g/mol. The third kappa shape index (κ3) is 4.41. The number of carboxylic acids is 1. The third-order valence-electron chi connectivity index (χ3n) is 1.38. The molecule has 0 aliphatic carbocycles. The van der Waals surface area contributed by atoms with E-state index in [2.05, 4.69) is 0 Å². The van der Waals surface area contributed by atoms with Crippen molar-refractivity contribution in [3.8, 4) is 5.75 Å². The molecule has 0 bridgehead atoms. The van der Waals surface area contributed by atoms with Gasteiger partial charge in [0.05, 0.1) is 0 Å². The number of rotatable bonds is 4. The zero-order chi connectivity index (χ0) is 9.68. The van der Waals surface area contributed by atoms with Crippen LogP contribution in [0.3, 0.4) is 0 Å². The molecule has 0 aliphatic rings. The predicted octanol–water partition coefficient (Wildman–Crippen LogP) is 0.582. The van der Waals surface area contributed by atoms with Gasteiger partial charge in [0.25, 0.3) is 0 Å². The van der Waals surface area contributed by atoms with E-state index in [9.17, 15) is 9.59 Å². The number of aldehydes is 1. The SMILES string of the molecule is O=Cc1ccc(OCC(=O)O)cc1.[Na]. The van der Waals surface area contributed by atoms with Gasteiger partial charge in [0.2, 0.25) is 0 Å². The molecular formula is C9H8NaO4. The number of hydrogen-bond acceptors (Lipinski definition) is 3. The smallest absolute Gasteiger partial charge is 0.341 e. The number of carboxylic acid groups (broad SMARTS) is 1. The van der Waals surface area contributed by atoms with Crippen LogP contribution in [-0.2, 0) is 4.79 Å². The summed E-state index contributed by atoms with van der Waals surface area (Å²) < 4.78 is 4.85. The van der Waals surface area contributed by atoms with Crippen LogP contribution in [0.1, 0.15) is 10.4 Å². The van der Waals surface area contributed by atoms with Crippen LogP contribution in [0.25, 0.3) is 0 Å². The van der Waals surface area contributed by atoms with E-state index in [0.717, 1.165) is 0 Å². The Bertz CT molecular complexity index is 307. The van der Waals surface area contributed by atoms with Gasteiger partial charge in [-0.05, 0) is 24.3 Å². The summed E-state index contributed by atoms with van der Waals surface area (Å²) in [6.45, 7) is -0.375. The maximum Gasteiger partial charge on any atom is 0.341 e. The van der Waals surface area contributed by atoms with Crippen LogP contribution in [0.2, 0.25) is 0 Å². The van der Waals surface area contributed by atoms with E-state index in [-0.39, 0.29) is 36.2 Å². The van der Waals surface area contributed by atoms with Gasteiger partial charge in [-0.3, -0.25) is 4.79 Å². The number of ether oxygens (including phenoxy) is 1. The van der Waals surface area contributed by atoms with Crippen molar-refractivity contribution in [2.24, 2.45) is 0 Å². The molecule has 0 fully saturated rings. The van der Waals surface area contributed by atoms with Crippen LogP contribution in [0.4, 0.5) is 0 Å². The summed E-state index contributed by atoms with van der Waals surface area (Å²) >= 11 is 0. The van der Waals surface area contributed by atoms with Crippen LogP contribution in [-0.4, -0.2) is 53.5 Å². The Hall–Kier alpha value is -0.840. The molecule has 4 nitrogen and oxygen atoms in total. The Kier molecular flexibility index (Phi) is 6.19. The van der Waals surface area contributed by atoms with Crippen LogP contribution >= 0.6 is 0 Å². The molecule has 1 aromatic rings. The number of carbonyl (C=O) groups excluding carboxylic acids is 1. The molecule has 5 heteroatoms. The summed E-state index contributed by atoms with van der Waals surface area (Å²) in [6.07, 6.45) is 0.709. The molecule has 1 radical (unpaired) electrons. The summed E-state index contributed by atoms with van der Waals surface area (Å²) in [5.74, 6) is -0.590.